The molecule has 0 aromatic rings. The second kappa shape index (κ2) is 8.60. The van der Waals surface area contributed by atoms with Crippen LogP contribution in [0.2, 0.25) is 0 Å². The molecule has 3 rings (SSSR count). The Labute approximate surface area is 161 Å². The zero-order chi connectivity index (χ0) is 18.7. The molecule has 2 heterocycles. The summed E-state index contributed by atoms with van der Waals surface area (Å²) in [5.74, 6) is 1.28. The Kier molecular flexibility index (Phi) is 6.66. The maximum Gasteiger partial charge on any atom is 0.225 e. The van der Waals surface area contributed by atoms with Gasteiger partial charge in [-0.2, -0.15) is 0 Å². The van der Waals surface area contributed by atoms with E-state index in [0.29, 0.717) is 11.3 Å². The summed E-state index contributed by atoms with van der Waals surface area (Å²) >= 11 is 0. The summed E-state index contributed by atoms with van der Waals surface area (Å²) in [6.07, 6.45) is 7.99. The highest BCUT2D eigenvalue weighted by Gasteiger charge is 2.40. The van der Waals surface area contributed by atoms with Crippen molar-refractivity contribution in [3.63, 3.8) is 0 Å². The van der Waals surface area contributed by atoms with E-state index in [1.54, 1.807) is 0 Å². The molecule has 3 fully saturated rings. The van der Waals surface area contributed by atoms with Gasteiger partial charge in [-0.1, -0.05) is 27.7 Å². The normalized spacial score (nSPS) is 26.2. The fourth-order valence-corrected chi connectivity index (χ4v) is 5.47. The molecular weight excluding hydrogens is 322 g/mol. The Morgan fingerprint density at radius 2 is 1.46 bits per heavy atom. The largest absolute Gasteiger partial charge is 0.342 e. The standard InChI is InChI=1S/C22H41N3O/c1-18(2)17-23-13-15-24(16-14-23)20-5-7-22(8-6-20)9-11-25(12-10-22)21(26)19(3)4/h18-20H,5-17H2,1-4H3. The van der Waals surface area contributed by atoms with E-state index >= 15 is 0 Å². The Morgan fingerprint density at radius 1 is 0.885 bits per heavy atom. The van der Waals surface area contributed by atoms with Crippen LogP contribution in [0.5, 0.6) is 0 Å². The molecule has 0 atom stereocenters. The first-order valence-electron chi connectivity index (χ1n) is 11.1. The monoisotopic (exact) mass is 363 g/mol. The molecule has 0 radical (unpaired) electrons. The topological polar surface area (TPSA) is 26.8 Å². The Hall–Kier alpha value is -0.610. The van der Waals surface area contributed by atoms with Gasteiger partial charge in [0.15, 0.2) is 0 Å². The van der Waals surface area contributed by atoms with E-state index in [9.17, 15) is 4.79 Å². The molecule has 0 N–H and O–H groups in total. The van der Waals surface area contributed by atoms with Crippen LogP contribution in [-0.4, -0.2) is 72.5 Å². The van der Waals surface area contributed by atoms with Crippen LogP contribution in [-0.2, 0) is 4.79 Å². The summed E-state index contributed by atoms with van der Waals surface area (Å²) in [4.78, 5) is 19.8. The summed E-state index contributed by atoms with van der Waals surface area (Å²) < 4.78 is 0. The van der Waals surface area contributed by atoms with Gasteiger partial charge in [0.05, 0.1) is 0 Å². The maximum absolute atomic E-state index is 12.2. The molecule has 1 saturated carbocycles. The second-order valence-electron chi connectivity index (χ2n) is 9.94. The van der Waals surface area contributed by atoms with Gasteiger partial charge >= 0.3 is 0 Å². The summed E-state index contributed by atoms with van der Waals surface area (Å²) in [6, 6.07) is 0.817. The fourth-order valence-electron chi connectivity index (χ4n) is 5.47. The van der Waals surface area contributed by atoms with Crippen LogP contribution in [0.3, 0.4) is 0 Å². The summed E-state index contributed by atoms with van der Waals surface area (Å²) in [5.41, 5.74) is 0.545. The van der Waals surface area contributed by atoms with Gasteiger partial charge in [-0.3, -0.25) is 9.69 Å². The first-order chi connectivity index (χ1) is 12.4. The minimum absolute atomic E-state index is 0.147. The predicted molar refractivity (Wildman–Crippen MR) is 108 cm³/mol. The second-order valence-corrected chi connectivity index (χ2v) is 9.94. The van der Waals surface area contributed by atoms with Gasteiger partial charge in [0.25, 0.3) is 0 Å². The zero-order valence-electron chi connectivity index (χ0n) is 17.7. The number of amides is 1. The minimum Gasteiger partial charge on any atom is -0.342 e. The number of piperazine rings is 1. The van der Waals surface area contributed by atoms with Gasteiger partial charge in [-0.05, 0) is 49.9 Å². The van der Waals surface area contributed by atoms with Crippen LogP contribution in [0.25, 0.3) is 0 Å². The maximum atomic E-state index is 12.2. The van der Waals surface area contributed by atoms with Crippen molar-refractivity contribution in [3.8, 4) is 0 Å². The van der Waals surface area contributed by atoms with Crippen LogP contribution in [0, 0.1) is 17.3 Å². The van der Waals surface area contributed by atoms with Crippen molar-refractivity contribution in [2.75, 3.05) is 45.8 Å². The van der Waals surface area contributed by atoms with Gasteiger partial charge in [-0.15, -0.1) is 0 Å². The number of carbonyl (C=O) groups excluding carboxylic acids is 1. The number of piperidine rings is 1. The van der Waals surface area contributed by atoms with E-state index in [-0.39, 0.29) is 5.92 Å². The lowest BCUT2D eigenvalue weighted by atomic mass is 9.66. The molecule has 2 saturated heterocycles. The SMILES string of the molecule is CC(C)CN1CCN(C2CCC3(CC2)CCN(C(=O)C(C)C)CC3)CC1. The van der Waals surface area contributed by atoms with Crippen LogP contribution >= 0.6 is 0 Å². The molecule has 3 aliphatic rings. The molecule has 0 bridgehead atoms. The highest BCUT2D eigenvalue weighted by atomic mass is 16.2. The lowest BCUT2D eigenvalue weighted by molar-refractivity contribution is -0.137. The van der Waals surface area contributed by atoms with Crippen molar-refractivity contribution in [3.05, 3.63) is 0 Å². The number of carbonyl (C=O) groups is 1. The number of hydrogen-bond donors (Lipinski definition) is 0. The molecule has 26 heavy (non-hydrogen) atoms. The van der Waals surface area contributed by atoms with Crippen LogP contribution in [0.4, 0.5) is 0 Å². The van der Waals surface area contributed by atoms with Crippen LogP contribution in [0.1, 0.15) is 66.2 Å². The van der Waals surface area contributed by atoms with Crippen molar-refractivity contribution in [2.24, 2.45) is 17.3 Å². The van der Waals surface area contributed by atoms with Crippen LogP contribution in [0.15, 0.2) is 0 Å². The molecule has 1 amide bonds. The summed E-state index contributed by atoms with van der Waals surface area (Å²) in [7, 11) is 0. The Bertz CT molecular complexity index is 450. The fraction of sp³-hybridized carbons (Fsp3) is 0.955. The molecule has 4 heteroatoms. The van der Waals surface area contributed by atoms with E-state index in [1.165, 1.54) is 71.2 Å². The summed E-state index contributed by atoms with van der Waals surface area (Å²) in [6.45, 7) is 17.0. The molecule has 150 valence electrons. The molecule has 2 aliphatic heterocycles. The third kappa shape index (κ3) is 4.81. The third-order valence-corrected chi connectivity index (χ3v) is 7.19. The first kappa shape index (κ1) is 20.1. The Morgan fingerprint density at radius 3 is 1.96 bits per heavy atom. The van der Waals surface area contributed by atoms with Gasteiger partial charge < -0.3 is 9.80 Å². The van der Waals surface area contributed by atoms with E-state index in [0.717, 1.165) is 25.0 Å². The number of hydrogen-bond acceptors (Lipinski definition) is 3. The molecular formula is C22H41N3O. The van der Waals surface area contributed by atoms with Gasteiger partial charge in [-0.25, -0.2) is 0 Å². The number of likely N-dealkylation sites (tertiary alicyclic amines) is 1. The van der Waals surface area contributed by atoms with Crippen molar-refractivity contribution >= 4 is 5.91 Å². The highest BCUT2D eigenvalue weighted by molar-refractivity contribution is 5.78. The van der Waals surface area contributed by atoms with Crippen molar-refractivity contribution in [1.82, 2.24) is 14.7 Å². The first-order valence-corrected chi connectivity index (χ1v) is 11.1. The molecule has 0 unspecified atom stereocenters. The van der Waals surface area contributed by atoms with Crippen molar-refractivity contribution < 1.29 is 4.79 Å². The van der Waals surface area contributed by atoms with Gasteiger partial charge in [0, 0.05) is 57.8 Å². The lowest BCUT2D eigenvalue weighted by Gasteiger charge is -2.49. The highest BCUT2D eigenvalue weighted by Crippen LogP contribution is 2.45. The average molecular weight is 364 g/mol. The smallest absolute Gasteiger partial charge is 0.225 e. The summed E-state index contributed by atoms with van der Waals surface area (Å²) in [5, 5.41) is 0. The third-order valence-electron chi connectivity index (χ3n) is 7.19. The van der Waals surface area contributed by atoms with Crippen molar-refractivity contribution in [1.29, 1.82) is 0 Å². The van der Waals surface area contributed by atoms with Gasteiger partial charge in [0.1, 0.15) is 0 Å². The average Bonchev–Trinajstić information content (AvgIpc) is 2.63. The minimum atomic E-state index is 0.147. The Balaban J connectivity index is 1.42. The van der Waals surface area contributed by atoms with Crippen molar-refractivity contribution in [2.45, 2.75) is 72.3 Å². The molecule has 1 aliphatic carbocycles. The quantitative estimate of drug-likeness (QED) is 0.765. The molecule has 1 spiro atoms. The number of nitrogens with zero attached hydrogens (tertiary/aromatic N) is 3. The zero-order valence-corrected chi connectivity index (χ0v) is 17.7. The molecule has 0 aromatic heterocycles. The lowest BCUT2D eigenvalue weighted by Crippen LogP contribution is -2.53. The van der Waals surface area contributed by atoms with E-state index in [1.807, 2.05) is 13.8 Å². The van der Waals surface area contributed by atoms with Crippen LogP contribution < -0.4 is 0 Å². The van der Waals surface area contributed by atoms with E-state index in [2.05, 4.69) is 28.5 Å². The van der Waals surface area contributed by atoms with E-state index < -0.39 is 0 Å². The van der Waals surface area contributed by atoms with Gasteiger partial charge in [0.2, 0.25) is 5.91 Å². The number of rotatable bonds is 4. The molecule has 4 nitrogen and oxygen atoms in total. The van der Waals surface area contributed by atoms with E-state index in [4.69, 9.17) is 0 Å². The predicted octanol–water partition coefficient (Wildman–Crippen LogP) is 3.47. The molecule has 0 aromatic carbocycles.